The van der Waals surface area contributed by atoms with E-state index in [0.29, 0.717) is 0 Å². The molecule has 128 valence electrons. The minimum Gasteiger partial charge on any atom is -0.419 e. The van der Waals surface area contributed by atoms with Gasteiger partial charge in [0.1, 0.15) is 5.57 Å². The Hall–Kier alpha value is -2.88. The molecule has 0 spiro atoms. The summed E-state index contributed by atoms with van der Waals surface area (Å²) in [5.74, 6) is -2.57. The number of rotatable bonds is 2. The zero-order chi connectivity index (χ0) is 18.2. The summed E-state index contributed by atoms with van der Waals surface area (Å²) in [7, 11) is 0. The summed E-state index contributed by atoms with van der Waals surface area (Å²) < 4.78 is 10.2. The van der Waals surface area contributed by atoms with Crippen molar-refractivity contribution in [3.8, 4) is 11.1 Å². The lowest BCUT2D eigenvalue weighted by molar-refractivity contribution is -0.222. The summed E-state index contributed by atoms with van der Waals surface area (Å²) in [6, 6.07) is 13.9. The fraction of sp³-hybridized carbons (Fsp3) is 0.238. The van der Waals surface area contributed by atoms with Crippen molar-refractivity contribution >= 4 is 18.0 Å². The molecule has 0 saturated carbocycles. The molecule has 0 amide bonds. The number of benzene rings is 2. The second-order valence-electron chi connectivity index (χ2n) is 6.66. The molecule has 0 aliphatic carbocycles. The van der Waals surface area contributed by atoms with Crippen molar-refractivity contribution in [2.24, 2.45) is 0 Å². The van der Waals surface area contributed by atoms with Gasteiger partial charge in [-0.2, -0.15) is 0 Å². The maximum absolute atomic E-state index is 12.1. The van der Waals surface area contributed by atoms with Crippen molar-refractivity contribution in [2.45, 2.75) is 33.5 Å². The molecule has 0 radical (unpaired) electrons. The van der Waals surface area contributed by atoms with E-state index < -0.39 is 17.7 Å². The lowest BCUT2D eigenvalue weighted by Gasteiger charge is -2.29. The molecule has 2 aromatic carbocycles. The van der Waals surface area contributed by atoms with Crippen LogP contribution in [0.25, 0.3) is 17.2 Å². The molecular formula is C21H20O4. The van der Waals surface area contributed by atoms with E-state index in [1.165, 1.54) is 31.1 Å². The predicted octanol–water partition coefficient (Wildman–Crippen LogP) is 4.19. The first-order valence-corrected chi connectivity index (χ1v) is 8.11. The first-order chi connectivity index (χ1) is 11.7. The Balaban J connectivity index is 1.95. The number of esters is 2. The SMILES string of the molecule is Cc1ccc(-c2cccc(C=C3C(=O)OC(C)(C)OC3=O)c2)cc1C. The summed E-state index contributed by atoms with van der Waals surface area (Å²) in [5, 5.41) is 0. The average molecular weight is 336 g/mol. The second-order valence-corrected chi connectivity index (χ2v) is 6.66. The van der Waals surface area contributed by atoms with E-state index in [4.69, 9.17) is 9.47 Å². The van der Waals surface area contributed by atoms with Crippen LogP contribution in [0.15, 0.2) is 48.0 Å². The van der Waals surface area contributed by atoms with Crippen molar-refractivity contribution in [3.05, 3.63) is 64.7 Å². The maximum Gasteiger partial charge on any atom is 0.348 e. The van der Waals surface area contributed by atoms with Crippen LogP contribution in [0.1, 0.15) is 30.5 Å². The number of hydrogen-bond acceptors (Lipinski definition) is 4. The molecule has 0 unspecified atom stereocenters. The topological polar surface area (TPSA) is 52.6 Å². The monoisotopic (exact) mass is 336 g/mol. The molecule has 4 nitrogen and oxygen atoms in total. The van der Waals surface area contributed by atoms with Gasteiger partial charge in [-0.05, 0) is 53.8 Å². The summed E-state index contributed by atoms with van der Waals surface area (Å²) >= 11 is 0. The lowest BCUT2D eigenvalue weighted by Crippen LogP contribution is -2.41. The van der Waals surface area contributed by atoms with Gasteiger partial charge in [-0.1, -0.05) is 36.4 Å². The van der Waals surface area contributed by atoms with E-state index >= 15 is 0 Å². The smallest absolute Gasteiger partial charge is 0.348 e. The maximum atomic E-state index is 12.1. The van der Waals surface area contributed by atoms with Gasteiger partial charge in [-0.3, -0.25) is 0 Å². The Kier molecular flexibility index (Phi) is 4.21. The van der Waals surface area contributed by atoms with Gasteiger partial charge in [-0.25, -0.2) is 9.59 Å². The van der Waals surface area contributed by atoms with Crippen LogP contribution in [-0.2, 0) is 19.1 Å². The molecule has 0 bridgehead atoms. The molecule has 0 aromatic heterocycles. The zero-order valence-electron chi connectivity index (χ0n) is 14.8. The van der Waals surface area contributed by atoms with Crippen LogP contribution in [0.4, 0.5) is 0 Å². The number of hydrogen-bond donors (Lipinski definition) is 0. The molecule has 1 saturated heterocycles. The minimum atomic E-state index is -1.23. The molecule has 0 N–H and O–H groups in total. The van der Waals surface area contributed by atoms with E-state index in [9.17, 15) is 9.59 Å². The molecule has 25 heavy (non-hydrogen) atoms. The highest BCUT2D eigenvalue weighted by molar-refractivity contribution is 6.18. The molecule has 2 aromatic rings. The Bertz CT molecular complexity index is 869. The van der Waals surface area contributed by atoms with Crippen LogP contribution in [0, 0.1) is 13.8 Å². The normalized spacial score (nSPS) is 16.2. The van der Waals surface area contributed by atoms with E-state index in [1.807, 2.05) is 24.3 Å². The quantitative estimate of drug-likeness (QED) is 0.469. The van der Waals surface area contributed by atoms with Gasteiger partial charge in [0.2, 0.25) is 0 Å². The second kappa shape index (κ2) is 6.20. The van der Waals surface area contributed by atoms with Gasteiger partial charge in [0.25, 0.3) is 5.79 Å². The van der Waals surface area contributed by atoms with Gasteiger partial charge < -0.3 is 9.47 Å². The largest absolute Gasteiger partial charge is 0.419 e. The number of aryl methyl sites for hydroxylation is 2. The highest BCUT2D eigenvalue weighted by Crippen LogP contribution is 2.27. The summed E-state index contributed by atoms with van der Waals surface area (Å²) in [4.78, 5) is 24.1. The molecule has 1 aliphatic rings. The first kappa shape index (κ1) is 17.0. The fourth-order valence-corrected chi connectivity index (χ4v) is 2.67. The van der Waals surface area contributed by atoms with Crippen LogP contribution in [0.5, 0.6) is 0 Å². The predicted molar refractivity (Wildman–Crippen MR) is 95.6 cm³/mol. The molecule has 1 heterocycles. The average Bonchev–Trinajstić information content (AvgIpc) is 2.53. The van der Waals surface area contributed by atoms with E-state index in [1.54, 1.807) is 0 Å². The molecule has 1 fully saturated rings. The number of carbonyl (C=O) groups excluding carboxylic acids is 2. The Morgan fingerprint density at radius 2 is 1.48 bits per heavy atom. The Morgan fingerprint density at radius 1 is 0.840 bits per heavy atom. The van der Waals surface area contributed by atoms with Gasteiger partial charge in [0.05, 0.1) is 0 Å². The number of carbonyl (C=O) groups is 2. The third kappa shape index (κ3) is 3.63. The van der Waals surface area contributed by atoms with Crippen molar-refractivity contribution in [1.29, 1.82) is 0 Å². The Labute approximate surface area is 147 Å². The molecule has 1 aliphatic heterocycles. The highest BCUT2D eigenvalue weighted by Gasteiger charge is 2.38. The van der Waals surface area contributed by atoms with Gasteiger partial charge in [0.15, 0.2) is 0 Å². The molecule has 3 rings (SSSR count). The zero-order valence-corrected chi connectivity index (χ0v) is 14.8. The van der Waals surface area contributed by atoms with Gasteiger partial charge in [0, 0.05) is 13.8 Å². The van der Waals surface area contributed by atoms with Gasteiger partial charge >= 0.3 is 11.9 Å². The summed E-state index contributed by atoms with van der Waals surface area (Å²) in [6.45, 7) is 7.20. The molecular weight excluding hydrogens is 316 g/mol. The number of ether oxygens (including phenoxy) is 2. The van der Waals surface area contributed by atoms with Crippen molar-refractivity contribution in [1.82, 2.24) is 0 Å². The summed E-state index contributed by atoms with van der Waals surface area (Å²) in [6.07, 6.45) is 1.50. The van der Waals surface area contributed by atoms with Crippen LogP contribution in [0.3, 0.4) is 0 Å². The molecule has 0 atom stereocenters. The van der Waals surface area contributed by atoms with E-state index in [-0.39, 0.29) is 5.57 Å². The standard InChI is InChI=1S/C21H20O4/c1-13-8-9-17(10-14(13)2)16-7-5-6-15(11-16)12-18-19(22)24-21(3,4)25-20(18)23/h5-12H,1-4H3. The van der Waals surface area contributed by atoms with Crippen LogP contribution in [0.2, 0.25) is 0 Å². The number of cyclic esters (lactones) is 2. The Morgan fingerprint density at radius 3 is 2.12 bits per heavy atom. The summed E-state index contributed by atoms with van der Waals surface area (Å²) in [5.41, 5.74) is 5.17. The molecule has 4 heteroatoms. The van der Waals surface area contributed by atoms with E-state index in [0.717, 1.165) is 16.7 Å². The minimum absolute atomic E-state index is 0.100. The lowest BCUT2D eigenvalue weighted by atomic mass is 9.98. The van der Waals surface area contributed by atoms with Crippen LogP contribution < -0.4 is 0 Å². The third-order valence-electron chi connectivity index (χ3n) is 4.15. The highest BCUT2D eigenvalue weighted by atomic mass is 16.7. The van der Waals surface area contributed by atoms with Crippen LogP contribution in [-0.4, -0.2) is 17.7 Å². The first-order valence-electron chi connectivity index (χ1n) is 8.11. The third-order valence-corrected chi connectivity index (χ3v) is 4.15. The van der Waals surface area contributed by atoms with Crippen LogP contribution >= 0.6 is 0 Å². The van der Waals surface area contributed by atoms with E-state index in [2.05, 4.69) is 32.0 Å². The van der Waals surface area contributed by atoms with Crippen molar-refractivity contribution < 1.29 is 19.1 Å². The fourth-order valence-electron chi connectivity index (χ4n) is 2.67. The van der Waals surface area contributed by atoms with Crippen molar-refractivity contribution in [3.63, 3.8) is 0 Å². The van der Waals surface area contributed by atoms with Gasteiger partial charge in [-0.15, -0.1) is 0 Å². The van der Waals surface area contributed by atoms with Crippen molar-refractivity contribution in [2.75, 3.05) is 0 Å².